The summed E-state index contributed by atoms with van der Waals surface area (Å²) in [5.74, 6) is -0.287. The lowest BCUT2D eigenvalue weighted by molar-refractivity contribution is -0.141. The van der Waals surface area contributed by atoms with Gasteiger partial charge in [-0.25, -0.2) is 9.59 Å². The maximum Gasteiger partial charge on any atom is 0.417 e. The number of benzene rings is 1. The van der Waals surface area contributed by atoms with E-state index < -0.39 is 41.7 Å². The van der Waals surface area contributed by atoms with Crippen LogP contribution in [0.15, 0.2) is 38.4 Å². The number of imidazole rings is 1. The first-order valence-corrected chi connectivity index (χ1v) is 11.2. The molecule has 0 aliphatic carbocycles. The molecule has 198 valence electrons. The molecule has 0 aliphatic rings. The first-order chi connectivity index (χ1) is 16.8. The van der Waals surface area contributed by atoms with E-state index in [-0.39, 0.29) is 29.9 Å². The normalized spacial score (nSPS) is 12.4. The van der Waals surface area contributed by atoms with Crippen molar-refractivity contribution in [2.24, 2.45) is 0 Å². The molecule has 0 bridgehead atoms. The lowest BCUT2D eigenvalue weighted by atomic mass is 10.0. The molecule has 7 nitrogen and oxygen atoms in total. The van der Waals surface area contributed by atoms with Gasteiger partial charge in [-0.15, -0.1) is 0 Å². The Balaban J connectivity index is 1.64. The van der Waals surface area contributed by atoms with Crippen molar-refractivity contribution < 1.29 is 40.6 Å². The predicted octanol–water partition coefficient (Wildman–Crippen LogP) is 5.24. The monoisotopic (exact) mass is 522 g/mol. The Morgan fingerprint density at radius 3 is 2.42 bits per heavy atom. The number of aromatic hydroxyl groups is 1. The molecule has 3 aromatic rings. The largest absolute Gasteiger partial charge is 0.493 e. The maximum absolute atomic E-state index is 13.4. The van der Waals surface area contributed by atoms with Crippen molar-refractivity contribution in [3.8, 4) is 11.6 Å². The maximum atomic E-state index is 13.4. The van der Waals surface area contributed by atoms with Crippen LogP contribution in [0.4, 0.5) is 26.3 Å². The minimum Gasteiger partial charge on any atom is -0.493 e. The average Bonchev–Trinajstić information content (AvgIpc) is 3.01. The zero-order chi connectivity index (χ0) is 26.7. The molecule has 13 heteroatoms. The molecule has 0 fully saturated rings. The highest BCUT2D eigenvalue weighted by Crippen LogP contribution is 2.37. The lowest BCUT2D eigenvalue weighted by Gasteiger charge is -2.15. The standard InChI is InChI=1S/C23H24F6N2O5/c1-2-6-15-17(8-7-14-16(23(27,28)29)11-19(33)36-20(14)15)35-10-5-3-4-9-31-18(32)12-30(21(31)34)13-22(24,25)26/h7-8,11-12,32H,2-6,9-10,13H2,1H3. The molecule has 3 rings (SSSR count). The number of fused-ring (bicyclic) bond motifs is 1. The minimum atomic E-state index is -4.73. The summed E-state index contributed by atoms with van der Waals surface area (Å²) in [4.78, 5) is 23.8. The summed E-state index contributed by atoms with van der Waals surface area (Å²) in [5, 5.41) is 9.53. The van der Waals surface area contributed by atoms with Gasteiger partial charge in [-0.2, -0.15) is 26.3 Å². The number of halogens is 6. The Morgan fingerprint density at radius 2 is 1.78 bits per heavy atom. The second-order valence-electron chi connectivity index (χ2n) is 8.22. The van der Waals surface area contributed by atoms with Crippen molar-refractivity contribution in [3.05, 3.63) is 56.4 Å². The van der Waals surface area contributed by atoms with Gasteiger partial charge in [0.1, 0.15) is 17.9 Å². The molecule has 36 heavy (non-hydrogen) atoms. The molecule has 1 aromatic carbocycles. The number of aryl methyl sites for hydroxylation is 1. The van der Waals surface area contributed by atoms with Crippen LogP contribution in [-0.2, 0) is 25.7 Å². The summed E-state index contributed by atoms with van der Waals surface area (Å²) in [6.07, 6.45) is -6.43. The second-order valence-corrected chi connectivity index (χ2v) is 8.22. The fourth-order valence-electron chi connectivity index (χ4n) is 3.89. The molecular weight excluding hydrogens is 498 g/mol. The molecule has 0 radical (unpaired) electrons. The number of hydrogen-bond donors (Lipinski definition) is 1. The van der Waals surface area contributed by atoms with Gasteiger partial charge in [0.15, 0.2) is 0 Å². The van der Waals surface area contributed by atoms with Crippen LogP contribution in [0.5, 0.6) is 11.6 Å². The fourth-order valence-corrected chi connectivity index (χ4v) is 3.89. The lowest BCUT2D eigenvalue weighted by Crippen LogP contribution is -2.29. The first-order valence-electron chi connectivity index (χ1n) is 11.2. The third kappa shape index (κ3) is 6.43. The van der Waals surface area contributed by atoms with E-state index in [4.69, 9.17) is 9.15 Å². The molecule has 0 unspecified atom stereocenters. The molecule has 2 aromatic heterocycles. The van der Waals surface area contributed by atoms with E-state index in [0.29, 0.717) is 48.3 Å². The van der Waals surface area contributed by atoms with Gasteiger partial charge in [0.25, 0.3) is 0 Å². The first kappa shape index (κ1) is 27.2. The Kier molecular flexibility index (Phi) is 8.09. The number of aromatic nitrogens is 2. The summed E-state index contributed by atoms with van der Waals surface area (Å²) in [7, 11) is 0. The molecule has 0 saturated heterocycles. The minimum absolute atomic E-state index is 0.00202. The SMILES string of the molecule is CCCc1c(OCCCCCn2c(O)cn(CC(F)(F)F)c2=O)ccc2c(C(F)(F)F)cc(=O)oc12. The molecular formula is C23H24F6N2O5. The van der Waals surface area contributed by atoms with Gasteiger partial charge in [-0.05, 0) is 37.8 Å². The molecule has 0 aliphatic heterocycles. The van der Waals surface area contributed by atoms with Crippen molar-refractivity contribution >= 4 is 11.0 Å². The van der Waals surface area contributed by atoms with Crippen LogP contribution in [0, 0.1) is 0 Å². The highest BCUT2D eigenvalue weighted by Gasteiger charge is 2.34. The highest BCUT2D eigenvalue weighted by atomic mass is 19.4. The predicted molar refractivity (Wildman–Crippen MR) is 117 cm³/mol. The Labute approximate surface area is 200 Å². The Morgan fingerprint density at radius 1 is 1.06 bits per heavy atom. The Bertz CT molecular complexity index is 1320. The van der Waals surface area contributed by atoms with Gasteiger partial charge >= 0.3 is 23.7 Å². The highest BCUT2D eigenvalue weighted by molar-refractivity contribution is 5.85. The van der Waals surface area contributed by atoms with Crippen LogP contribution in [0.2, 0.25) is 0 Å². The summed E-state index contributed by atoms with van der Waals surface area (Å²) >= 11 is 0. The zero-order valence-electron chi connectivity index (χ0n) is 19.2. The quantitative estimate of drug-likeness (QED) is 0.224. The number of alkyl halides is 6. The van der Waals surface area contributed by atoms with Crippen molar-refractivity contribution in [2.45, 2.75) is 64.5 Å². The summed E-state index contributed by atoms with van der Waals surface area (Å²) in [5.41, 5.74) is -3.00. The van der Waals surface area contributed by atoms with Crippen molar-refractivity contribution in [3.63, 3.8) is 0 Å². The summed E-state index contributed by atoms with van der Waals surface area (Å²) < 4.78 is 89.8. The summed E-state index contributed by atoms with van der Waals surface area (Å²) in [6, 6.07) is 3.00. The van der Waals surface area contributed by atoms with E-state index in [0.717, 1.165) is 10.8 Å². The zero-order valence-corrected chi connectivity index (χ0v) is 19.2. The van der Waals surface area contributed by atoms with E-state index in [2.05, 4.69) is 0 Å². The van der Waals surface area contributed by atoms with Crippen molar-refractivity contribution in [1.82, 2.24) is 9.13 Å². The third-order valence-electron chi connectivity index (χ3n) is 5.44. The number of nitrogens with zero attached hydrogens (tertiary/aromatic N) is 2. The third-order valence-corrected chi connectivity index (χ3v) is 5.44. The van der Waals surface area contributed by atoms with E-state index in [9.17, 15) is 41.0 Å². The van der Waals surface area contributed by atoms with Gasteiger partial charge < -0.3 is 14.3 Å². The van der Waals surface area contributed by atoms with E-state index >= 15 is 0 Å². The average molecular weight is 522 g/mol. The van der Waals surface area contributed by atoms with Crippen LogP contribution in [0.3, 0.4) is 0 Å². The van der Waals surface area contributed by atoms with Gasteiger partial charge in [-0.1, -0.05) is 13.3 Å². The topological polar surface area (TPSA) is 86.6 Å². The fraction of sp³-hybridized carbons (Fsp3) is 0.478. The van der Waals surface area contributed by atoms with Crippen molar-refractivity contribution in [1.29, 1.82) is 0 Å². The second kappa shape index (κ2) is 10.7. The van der Waals surface area contributed by atoms with Gasteiger partial charge in [0, 0.05) is 23.6 Å². The molecule has 0 saturated carbocycles. The molecule has 1 N–H and O–H groups in total. The van der Waals surface area contributed by atoms with Crippen LogP contribution in [-0.4, -0.2) is 27.0 Å². The number of ether oxygens (including phenoxy) is 1. The van der Waals surface area contributed by atoms with E-state index in [1.165, 1.54) is 12.1 Å². The van der Waals surface area contributed by atoms with Gasteiger partial charge in [0.05, 0.1) is 18.4 Å². The van der Waals surface area contributed by atoms with Crippen LogP contribution in [0.1, 0.15) is 43.7 Å². The van der Waals surface area contributed by atoms with Gasteiger partial charge in [-0.3, -0.25) is 9.13 Å². The van der Waals surface area contributed by atoms with E-state index in [1.54, 1.807) is 0 Å². The van der Waals surface area contributed by atoms with E-state index in [1.807, 2.05) is 6.92 Å². The molecule has 2 heterocycles. The molecule has 0 amide bonds. The van der Waals surface area contributed by atoms with Gasteiger partial charge in [0.2, 0.25) is 5.88 Å². The van der Waals surface area contributed by atoms with Crippen LogP contribution < -0.4 is 16.1 Å². The van der Waals surface area contributed by atoms with Crippen LogP contribution in [0.25, 0.3) is 11.0 Å². The van der Waals surface area contributed by atoms with Crippen LogP contribution >= 0.6 is 0 Å². The smallest absolute Gasteiger partial charge is 0.417 e. The number of unbranched alkanes of at least 4 members (excludes halogenated alkanes) is 2. The molecule has 0 spiro atoms. The summed E-state index contributed by atoms with van der Waals surface area (Å²) in [6.45, 7) is 0.462. The molecule has 0 atom stereocenters. The number of hydrogen-bond acceptors (Lipinski definition) is 5. The number of rotatable bonds is 10. The Hall–Kier alpha value is -3.38. The van der Waals surface area contributed by atoms with Crippen molar-refractivity contribution in [2.75, 3.05) is 6.61 Å².